The molecule has 0 saturated carbocycles. The molecular weight excluding hydrogens is 237 g/mol. The Morgan fingerprint density at radius 1 is 1.65 bits per heavy atom. The molecule has 0 amide bonds. The van der Waals surface area contributed by atoms with E-state index in [0.717, 1.165) is 7.11 Å². The molecule has 17 heavy (non-hydrogen) atoms. The van der Waals surface area contributed by atoms with Crippen molar-refractivity contribution in [3.05, 3.63) is 28.8 Å². The standard InChI is InChI=1S/C10H7F3N2O2/c1-17-8(16)3-7-6(9(11)12)2-5(4-14)10(13)15-7/h2,9H,3H2,1H3. The van der Waals surface area contributed by atoms with Gasteiger partial charge in [0.1, 0.15) is 11.6 Å². The van der Waals surface area contributed by atoms with Gasteiger partial charge in [-0.1, -0.05) is 0 Å². The van der Waals surface area contributed by atoms with Gasteiger partial charge >= 0.3 is 5.97 Å². The molecule has 0 aliphatic carbocycles. The lowest BCUT2D eigenvalue weighted by atomic mass is 10.1. The van der Waals surface area contributed by atoms with Crippen molar-refractivity contribution >= 4 is 5.97 Å². The van der Waals surface area contributed by atoms with E-state index in [1.807, 2.05) is 0 Å². The maximum absolute atomic E-state index is 13.1. The van der Waals surface area contributed by atoms with Crippen LogP contribution in [-0.4, -0.2) is 18.1 Å². The van der Waals surface area contributed by atoms with E-state index in [9.17, 15) is 18.0 Å². The Morgan fingerprint density at radius 2 is 2.29 bits per heavy atom. The zero-order valence-electron chi connectivity index (χ0n) is 8.71. The SMILES string of the molecule is COC(=O)Cc1nc(F)c(C#N)cc1C(F)F. The Labute approximate surface area is 94.6 Å². The van der Waals surface area contributed by atoms with Crippen LogP contribution in [-0.2, 0) is 16.0 Å². The van der Waals surface area contributed by atoms with Crippen molar-refractivity contribution in [3.63, 3.8) is 0 Å². The highest BCUT2D eigenvalue weighted by Crippen LogP contribution is 2.24. The van der Waals surface area contributed by atoms with Crippen LogP contribution in [0.3, 0.4) is 0 Å². The maximum atomic E-state index is 13.1. The summed E-state index contributed by atoms with van der Waals surface area (Å²) in [5.41, 5.74) is -1.66. The minimum absolute atomic E-state index is 0.427. The molecule has 0 saturated heterocycles. The third kappa shape index (κ3) is 2.93. The summed E-state index contributed by atoms with van der Waals surface area (Å²) in [5, 5.41) is 8.48. The highest BCUT2D eigenvalue weighted by atomic mass is 19.3. The van der Waals surface area contributed by atoms with Gasteiger partial charge < -0.3 is 4.74 Å². The Balaban J connectivity index is 3.24. The number of nitriles is 1. The number of halogens is 3. The molecule has 0 fully saturated rings. The first kappa shape index (κ1) is 13.0. The average molecular weight is 244 g/mol. The molecule has 0 aliphatic rings. The summed E-state index contributed by atoms with van der Waals surface area (Å²) >= 11 is 0. The second-order valence-electron chi connectivity index (χ2n) is 3.03. The third-order valence-corrected chi connectivity index (χ3v) is 1.98. The number of methoxy groups -OCH3 is 1. The van der Waals surface area contributed by atoms with Crippen molar-refractivity contribution in [1.29, 1.82) is 5.26 Å². The van der Waals surface area contributed by atoms with E-state index in [2.05, 4.69) is 9.72 Å². The van der Waals surface area contributed by atoms with E-state index in [1.165, 1.54) is 6.07 Å². The molecule has 0 atom stereocenters. The number of rotatable bonds is 3. The fourth-order valence-corrected chi connectivity index (χ4v) is 1.16. The van der Waals surface area contributed by atoms with E-state index >= 15 is 0 Å². The number of carbonyl (C=O) groups is 1. The Bertz CT molecular complexity index is 483. The molecule has 0 N–H and O–H groups in total. The average Bonchev–Trinajstić information content (AvgIpc) is 2.28. The van der Waals surface area contributed by atoms with E-state index in [1.54, 1.807) is 0 Å². The summed E-state index contributed by atoms with van der Waals surface area (Å²) in [6, 6.07) is 2.08. The summed E-state index contributed by atoms with van der Waals surface area (Å²) in [6.07, 6.45) is -3.52. The minimum Gasteiger partial charge on any atom is -0.469 e. The number of nitrogens with zero attached hydrogens (tertiary/aromatic N) is 2. The monoisotopic (exact) mass is 244 g/mol. The van der Waals surface area contributed by atoms with Gasteiger partial charge in [-0.3, -0.25) is 4.79 Å². The first-order valence-electron chi connectivity index (χ1n) is 4.44. The minimum atomic E-state index is -2.95. The second-order valence-corrected chi connectivity index (χ2v) is 3.03. The summed E-state index contributed by atoms with van der Waals surface area (Å²) in [7, 11) is 1.07. The molecule has 1 heterocycles. The summed E-state index contributed by atoms with van der Waals surface area (Å²) in [5.74, 6) is -2.00. The summed E-state index contributed by atoms with van der Waals surface area (Å²) in [6.45, 7) is 0. The number of carbonyl (C=O) groups excluding carboxylic acids is 1. The van der Waals surface area contributed by atoms with Crippen molar-refractivity contribution in [1.82, 2.24) is 4.98 Å². The van der Waals surface area contributed by atoms with Gasteiger partial charge in [0.25, 0.3) is 6.43 Å². The molecule has 0 unspecified atom stereocenters. The van der Waals surface area contributed by atoms with Crippen LogP contribution in [0, 0.1) is 17.3 Å². The Kier molecular flexibility index (Phi) is 4.04. The fourth-order valence-electron chi connectivity index (χ4n) is 1.16. The number of pyridine rings is 1. The lowest BCUT2D eigenvalue weighted by molar-refractivity contribution is -0.139. The first-order valence-corrected chi connectivity index (χ1v) is 4.44. The van der Waals surface area contributed by atoms with Gasteiger partial charge in [-0.25, -0.2) is 13.8 Å². The van der Waals surface area contributed by atoms with Gasteiger partial charge in [-0.15, -0.1) is 0 Å². The zero-order chi connectivity index (χ0) is 13.0. The molecule has 0 spiro atoms. The molecular formula is C10H7F3N2O2. The lowest BCUT2D eigenvalue weighted by Gasteiger charge is -2.07. The van der Waals surface area contributed by atoms with Crippen LogP contribution in [0.1, 0.15) is 23.2 Å². The van der Waals surface area contributed by atoms with Crippen LogP contribution in [0.5, 0.6) is 0 Å². The van der Waals surface area contributed by atoms with Crippen LogP contribution >= 0.6 is 0 Å². The fraction of sp³-hybridized carbons (Fsp3) is 0.300. The lowest BCUT2D eigenvalue weighted by Crippen LogP contribution is -2.11. The van der Waals surface area contributed by atoms with Gasteiger partial charge in [0.15, 0.2) is 0 Å². The number of hydrogen-bond donors (Lipinski definition) is 0. The van der Waals surface area contributed by atoms with Crippen molar-refractivity contribution in [3.8, 4) is 6.07 Å². The molecule has 7 heteroatoms. The quantitative estimate of drug-likeness (QED) is 0.600. The number of esters is 1. The van der Waals surface area contributed by atoms with E-state index in [0.29, 0.717) is 6.07 Å². The number of hydrogen-bond acceptors (Lipinski definition) is 4. The summed E-state index contributed by atoms with van der Waals surface area (Å²) < 4.78 is 42.6. The summed E-state index contributed by atoms with van der Waals surface area (Å²) in [4.78, 5) is 14.1. The third-order valence-electron chi connectivity index (χ3n) is 1.98. The predicted molar refractivity (Wildman–Crippen MR) is 49.6 cm³/mol. The van der Waals surface area contributed by atoms with E-state index in [-0.39, 0.29) is 0 Å². The van der Waals surface area contributed by atoms with Crippen molar-refractivity contribution < 1.29 is 22.7 Å². The van der Waals surface area contributed by atoms with Gasteiger partial charge in [-0.05, 0) is 6.07 Å². The van der Waals surface area contributed by atoms with Gasteiger partial charge in [0.05, 0.1) is 19.2 Å². The van der Waals surface area contributed by atoms with E-state index in [4.69, 9.17) is 5.26 Å². The van der Waals surface area contributed by atoms with Crippen molar-refractivity contribution in [2.24, 2.45) is 0 Å². The van der Waals surface area contributed by atoms with Gasteiger partial charge in [-0.2, -0.15) is 9.65 Å². The highest BCUT2D eigenvalue weighted by molar-refractivity contribution is 5.72. The second kappa shape index (κ2) is 5.30. The predicted octanol–water partition coefficient (Wildman–Crippen LogP) is 1.75. The van der Waals surface area contributed by atoms with Crippen molar-refractivity contribution in [2.75, 3.05) is 7.11 Å². The van der Waals surface area contributed by atoms with Crippen LogP contribution in [0.25, 0.3) is 0 Å². The van der Waals surface area contributed by atoms with Crippen LogP contribution in [0.4, 0.5) is 13.2 Å². The maximum Gasteiger partial charge on any atom is 0.311 e. The normalized spacial score (nSPS) is 10.1. The molecule has 0 bridgehead atoms. The Morgan fingerprint density at radius 3 is 2.76 bits per heavy atom. The molecule has 0 radical (unpaired) electrons. The van der Waals surface area contributed by atoms with Crippen LogP contribution in [0.15, 0.2) is 6.07 Å². The topological polar surface area (TPSA) is 63.0 Å². The van der Waals surface area contributed by atoms with Gasteiger partial charge in [0, 0.05) is 5.56 Å². The van der Waals surface area contributed by atoms with Crippen molar-refractivity contribution in [2.45, 2.75) is 12.8 Å². The van der Waals surface area contributed by atoms with Crippen LogP contribution in [0.2, 0.25) is 0 Å². The first-order chi connectivity index (χ1) is 7.99. The molecule has 1 aromatic heterocycles. The highest BCUT2D eigenvalue weighted by Gasteiger charge is 2.20. The molecule has 90 valence electrons. The van der Waals surface area contributed by atoms with Crippen LogP contribution < -0.4 is 0 Å². The Hall–Kier alpha value is -2.10. The largest absolute Gasteiger partial charge is 0.469 e. The van der Waals surface area contributed by atoms with E-state index < -0.39 is 41.6 Å². The molecule has 1 rings (SSSR count). The zero-order valence-corrected chi connectivity index (χ0v) is 8.71. The molecule has 1 aromatic rings. The number of aromatic nitrogens is 1. The van der Waals surface area contributed by atoms with Gasteiger partial charge in [0.2, 0.25) is 5.95 Å². The molecule has 0 aliphatic heterocycles. The molecule has 0 aromatic carbocycles. The smallest absolute Gasteiger partial charge is 0.311 e. The number of alkyl halides is 2. The number of ether oxygens (including phenoxy) is 1. The molecule has 4 nitrogen and oxygen atoms in total.